The summed E-state index contributed by atoms with van der Waals surface area (Å²) in [5.74, 6) is 0.876. The van der Waals surface area contributed by atoms with Crippen LogP contribution >= 0.6 is 23.2 Å². The molecular weight excluding hydrogens is 395 g/mol. The molecule has 28 heavy (non-hydrogen) atoms. The molecule has 1 spiro atoms. The van der Waals surface area contributed by atoms with E-state index < -0.39 is 0 Å². The van der Waals surface area contributed by atoms with Crippen molar-refractivity contribution >= 4 is 40.2 Å². The standard InChI is InChI=1S/C20H22Cl2N6/c21-13-4-1-3-12(16(13)22)17-18-19(27-26-17)25-15(11-24-18)28-9-7-20(8-10-28)6-2-5-14(20)23/h1,3-4,11,14H,2,5-10,23H2,(H,25,26,27)/t14-/m1/s1. The molecule has 0 amide bonds. The highest BCUT2D eigenvalue weighted by Crippen LogP contribution is 2.46. The van der Waals surface area contributed by atoms with Gasteiger partial charge in [0.15, 0.2) is 5.65 Å². The van der Waals surface area contributed by atoms with E-state index in [-0.39, 0.29) is 0 Å². The Hall–Kier alpha value is -1.89. The van der Waals surface area contributed by atoms with Crippen molar-refractivity contribution in [1.82, 2.24) is 20.2 Å². The van der Waals surface area contributed by atoms with Crippen molar-refractivity contribution in [3.05, 3.63) is 34.4 Å². The van der Waals surface area contributed by atoms with Crippen LogP contribution in [0.2, 0.25) is 10.0 Å². The Kier molecular flexibility index (Phi) is 4.45. The number of aromatic amines is 1. The highest BCUT2D eigenvalue weighted by molar-refractivity contribution is 6.43. The van der Waals surface area contributed by atoms with Crippen LogP contribution in [0.4, 0.5) is 5.82 Å². The van der Waals surface area contributed by atoms with Crippen molar-refractivity contribution < 1.29 is 0 Å². The predicted molar refractivity (Wildman–Crippen MR) is 113 cm³/mol. The summed E-state index contributed by atoms with van der Waals surface area (Å²) in [5.41, 5.74) is 9.49. The van der Waals surface area contributed by atoms with Gasteiger partial charge in [0.2, 0.25) is 0 Å². The molecule has 3 heterocycles. The minimum absolute atomic E-state index is 0.332. The molecule has 3 aromatic rings. The average Bonchev–Trinajstić information content (AvgIpc) is 3.28. The maximum Gasteiger partial charge on any atom is 0.177 e. The first-order valence-corrected chi connectivity index (χ1v) is 10.5. The van der Waals surface area contributed by atoms with Crippen LogP contribution in [0, 0.1) is 5.41 Å². The first-order valence-electron chi connectivity index (χ1n) is 9.73. The lowest BCUT2D eigenvalue weighted by molar-refractivity contribution is 0.197. The number of hydrogen-bond acceptors (Lipinski definition) is 5. The Balaban J connectivity index is 1.42. The topological polar surface area (TPSA) is 83.7 Å². The van der Waals surface area contributed by atoms with Crippen LogP contribution < -0.4 is 10.6 Å². The molecule has 3 N–H and O–H groups in total. The minimum Gasteiger partial charge on any atom is -0.355 e. The van der Waals surface area contributed by atoms with Gasteiger partial charge in [0.05, 0.1) is 16.2 Å². The molecular formula is C20H22Cl2N6. The number of benzene rings is 1. The van der Waals surface area contributed by atoms with Gasteiger partial charge in [-0.2, -0.15) is 5.10 Å². The molecule has 6 nitrogen and oxygen atoms in total. The number of nitrogens with zero attached hydrogens (tertiary/aromatic N) is 4. The monoisotopic (exact) mass is 416 g/mol. The summed E-state index contributed by atoms with van der Waals surface area (Å²) in [5, 5.41) is 8.35. The molecule has 2 aliphatic rings. The highest BCUT2D eigenvalue weighted by Gasteiger charge is 2.43. The van der Waals surface area contributed by atoms with Gasteiger partial charge >= 0.3 is 0 Å². The van der Waals surface area contributed by atoms with Crippen LogP contribution in [0.3, 0.4) is 0 Å². The number of nitrogens with two attached hydrogens (primary N) is 1. The van der Waals surface area contributed by atoms with E-state index in [1.54, 1.807) is 6.07 Å². The second kappa shape index (κ2) is 6.87. The van der Waals surface area contributed by atoms with E-state index in [1.165, 1.54) is 12.8 Å². The van der Waals surface area contributed by atoms with Crippen LogP contribution in [0.25, 0.3) is 22.4 Å². The highest BCUT2D eigenvalue weighted by atomic mass is 35.5. The largest absolute Gasteiger partial charge is 0.355 e. The number of hydrogen-bond donors (Lipinski definition) is 2. The lowest BCUT2D eigenvalue weighted by atomic mass is 9.74. The van der Waals surface area contributed by atoms with Crippen molar-refractivity contribution in [2.75, 3.05) is 18.0 Å². The molecule has 5 rings (SSSR count). The van der Waals surface area contributed by atoms with Crippen LogP contribution in [0.15, 0.2) is 24.4 Å². The quantitative estimate of drug-likeness (QED) is 0.645. The van der Waals surface area contributed by atoms with E-state index in [0.717, 1.165) is 43.7 Å². The van der Waals surface area contributed by atoms with Crippen LogP contribution in [-0.4, -0.2) is 39.3 Å². The number of rotatable bonds is 2. The van der Waals surface area contributed by atoms with Crippen LogP contribution in [0.5, 0.6) is 0 Å². The Morgan fingerprint density at radius 3 is 2.75 bits per heavy atom. The van der Waals surface area contributed by atoms with E-state index in [2.05, 4.69) is 20.1 Å². The van der Waals surface area contributed by atoms with Gasteiger partial charge in [-0.25, -0.2) is 9.97 Å². The van der Waals surface area contributed by atoms with E-state index in [9.17, 15) is 0 Å². The molecule has 0 unspecified atom stereocenters. The summed E-state index contributed by atoms with van der Waals surface area (Å²) in [6.07, 6.45) is 7.76. The number of H-pyrrole nitrogens is 1. The third-order valence-electron chi connectivity index (χ3n) is 6.52. The Labute approximate surface area is 173 Å². The zero-order valence-corrected chi connectivity index (χ0v) is 17.0. The zero-order valence-electron chi connectivity index (χ0n) is 15.5. The summed E-state index contributed by atoms with van der Waals surface area (Å²) in [6.45, 7) is 1.93. The summed E-state index contributed by atoms with van der Waals surface area (Å²) >= 11 is 12.5. The maximum atomic E-state index is 6.40. The number of piperidine rings is 1. The lowest BCUT2D eigenvalue weighted by Gasteiger charge is -2.42. The second-order valence-electron chi connectivity index (χ2n) is 7.95. The second-order valence-corrected chi connectivity index (χ2v) is 8.73. The SMILES string of the molecule is N[C@@H]1CCCC12CCN(c1cnc3c(-c4cccc(Cl)c4Cl)n[nH]c3n1)CC2. The first kappa shape index (κ1) is 18.2. The van der Waals surface area contributed by atoms with E-state index in [0.29, 0.717) is 38.4 Å². The Morgan fingerprint density at radius 2 is 2.00 bits per heavy atom. The van der Waals surface area contributed by atoms with Gasteiger partial charge in [-0.15, -0.1) is 0 Å². The van der Waals surface area contributed by atoms with Gasteiger partial charge in [0.25, 0.3) is 0 Å². The third-order valence-corrected chi connectivity index (χ3v) is 7.34. The minimum atomic E-state index is 0.332. The Bertz CT molecular complexity index is 1020. The molecule has 2 fully saturated rings. The van der Waals surface area contributed by atoms with Crippen molar-refractivity contribution in [3.8, 4) is 11.3 Å². The number of anilines is 1. The smallest absolute Gasteiger partial charge is 0.177 e. The molecule has 8 heteroatoms. The fourth-order valence-electron chi connectivity index (χ4n) is 4.79. The normalized spacial score (nSPS) is 21.7. The average molecular weight is 417 g/mol. The number of halogens is 2. The number of nitrogens with one attached hydrogen (secondary N) is 1. The predicted octanol–water partition coefficient (Wildman–Crippen LogP) is 4.42. The first-order chi connectivity index (χ1) is 13.6. The van der Waals surface area contributed by atoms with Gasteiger partial charge < -0.3 is 10.6 Å². The molecule has 1 aliphatic heterocycles. The van der Waals surface area contributed by atoms with Gasteiger partial charge in [-0.05, 0) is 37.2 Å². The van der Waals surface area contributed by atoms with Crippen LogP contribution in [0.1, 0.15) is 32.1 Å². The molecule has 1 atom stereocenters. The van der Waals surface area contributed by atoms with Crippen molar-refractivity contribution in [2.45, 2.75) is 38.1 Å². The molecule has 1 saturated carbocycles. The summed E-state index contributed by atoms with van der Waals surface area (Å²) in [7, 11) is 0. The molecule has 1 saturated heterocycles. The van der Waals surface area contributed by atoms with Crippen molar-refractivity contribution in [2.24, 2.45) is 11.1 Å². The molecule has 2 aromatic heterocycles. The fourth-order valence-corrected chi connectivity index (χ4v) is 5.18. The molecule has 0 bridgehead atoms. The van der Waals surface area contributed by atoms with Gasteiger partial charge in [0, 0.05) is 24.7 Å². The Morgan fingerprint density at radius 1 is 1.18 bits per heavy atom. The molecule has 0 radical (unpaired) electrons. The summed E-state index contributed by atoms with van der Waals surface area (Å²) in [4.78, 5) is 11.7. The van der Waals surface area contributed by atoms with E-state index in [4.69, 9.17) is 33.9 Å². The number of aromatic nitrogens is 4. The van der Waals surface area contributed by atoms with Gasteiger partial charge in [0.1, 0.15) is 17.0 Å². The molecule has 146 valence electrons. The van der Waals surface area contributed by atoms with E-state index in [1.807, 2.05) is 18.3 Å². The van der Waals surface area contributed by atoms with Crippen molar-refractivity contribution in [1.29, 1.82) is 0 Å². The van der Waals surface area contributed by atoms with Gasteiger partial charge in [-0.3, -0.25) is 5.10 Å². The number of fused-ring (bicyclic) bond motifs is 1. The summed E-state index contributed by atoms with van der Waals surface area (Å²) < 4.78 is 0. The summed E-state index contributed by atoms with van der Waals surface area (Å²) in [6, 6.07) is 5.84. The van der Waals surface area contributed by atoms with Crippen molar-refractivity contribution in [3.63, 3.8) is 0 Å². The maximum absolute atomic E-state index is 6.40. The van der Waals surface area contributed by atoms with Crippen LogP contribution in [-0.2, 0) is 0 Å². The third kappa shape index (κ3) is 2.86. The van der Waals surface area contributed by atoms with Gasteiger partial charge in [-0.1, -0.05) is 41.8 Å². The fraction of sp³-hybridized carbons (Fsp3) is 0.450. The van der Waals surface area contributed by atoms with E-state index >= 15 is 0 Å². The lowest BCUT2D eigenvalue weighted by Crippen LogP contribution is -2.47. The zero-order chi connectivity index (χ0) is 19.3. The molecule has 1 aliphatic carbocycles. The molecule has 1 aromatic carbocycles.